The van der Waals surface area contributed by atoms with Crippen LogP contribution in [0.15, 0.2) is 77.2 Å². The minimum absolute atomic E-state index is 0.00826. The van der Waals surface area contributed by atoms with Crippen LogP contribution >= 0.6 is 34.3 Å². The van der Waals surface area contributed by atoms with Crippen molar-refractivity contribution >= 4 is 63.6 Å². The standard InChI is InChI=1S/C60H72ClN9O11S2/c1-36(2)54(69-33-44-9-7-8-10-47(44)58(69)74)59(75)68-34-46(71)30-49(68)57(73)63-32-43-12-11-42(55-38(4)64-35-82-55)29-50(43)81-28-27-80-26-25-79-24-23-78-22-21-77-20-19-76-18-17-62-51(72)31-48-56-67-66-40(6)70(56)60-52(37(3)39(5)83-60)53(65-48)41-13-15-45(61)16-14-41/h7-16,29,35-36,46,48-49,54,71H,17-28,30-34H2,1-6H3,(H,62,72)(H,63,73)/t46-,48+,49+,54?/m1/s1. The fourth-order valence-corrected chi connectivity index (χ4v) is 12.6. The van der Waals surface area contributed by atoms with E-state index in [-0.39, 0.29) is 62.8 Å². The first kappa shape index (κ1) is 61.1. The predicted molar refractivity (Wildman–Crippen MR) is 316 cm³/mol. The summed E-state index contributed by atoms with van der Waals surface area (Å²) in [6, 6.07) is 18.4. The van der Waals surface area contributed by atoms with Gasteiger partial charge in [0, 0.05) is 64.8 Å². The number of thiophene rings is 1. The number of aryl methyl sites for hydroxylation is 3. The van der Waals surface area contributed by atoms with Gasteiger partial charge in [0.1, 0.15) is 41.3 Å². The van der Waals surface area contributed by atoms with Gasteiger partial charge in [-0.05, 0) is 74.6 Å². The third-order valence-corrected chi connectivity index (χ3v) is 17.2. The monoisotopic (exact) mass is 1190 g/mol. The maximum Gasteiger partial charge on any atom is 0.255 e. The smallest absolute Gasteiger partial charge is 0.255 e. The molecule has 0 saturated carbocycles. The van der Waals surface area contributed by atoms with E-state index in [1.54, 1.807) is 33.9 Å². The van der Waals surface area contributed by atoms with Crippen LogP contribution in [0.5, 0.6) is 5.75 Å². The van der Waals surface area contributed by atoms with Crippen molar-refractivity contribution < 1.29 is 52.7 Å². The zero-order valence-electron chi connectivity index (χ0n) is 47.7. The molecule has 3 aliphatic rings. The summed E-state index contributed by atoms with van der Waals surface area (Å²) < 4.78 is 36.8. The van der Waals surface area contributed by atoms with Crippen LogP contribution < -0.4 is 15.4 Å². The molecular weight excluding hydrogens is 1120 g/mol. The number of aromatic nitrogens is 4. The molecule has 6 aromatic rings. The highest BCUT2D eigenvalue weighted by atomic mass is 35.5. The molecule has 4 amide bonds. The van der Waals surface area contributed by atoms with E-state index in [9.17, 15) is 24.3 Å². The summed E-state index contributed by atoms with van der Waals surface area (Å²) in [5.74, 6) is 0.517. The molecule has 0 spiro atoms. The number of rotatable bonds is 29. The highest BCUT2D eigenvalue weighted by Crippen LogP contribution is 2.40. The van der Waals surface area contributed by atoms with Crippen LogP contribution in [0.2, 0.25) is 5.02 Å². The van der Waals surface area contributed by atoms with Crippen LogP contribution in [0.4, 0.5) is 0 Å². The molecule has 0 bridgehead atoms. The van der Waals surface area contributed by atoms with E-state index in [1.165, 1.54) is 21.1 Å². The Labute approximate surface area is 496 Å². The van der Waals surface area contributed by atoms with E-state index in [0.717, 1.165) is 60.5 Å². The molecule has 0 radical (unpaired) electrons. The number of nitrogens with one attached hydrogen (secondary N) is 2. The number of aliphatic imine (C=N–C) groups is 1. The number of carbonyl (C=O) groups is 4. The second kappa shape index (κ2) is 28.9. The van der Waals surface area contributed by atoms with Crippen LogP contribution in [0.25, 0.3) is 15.4 Å². The highest BCUT2D eigenvalue weighted by molar-refractivity contribution is 7.15. The number of ether oxygens (including phenoxy) is 6. The fraction of sp³-hybridized carbons (Fsp3) is 0.467. The average Bonchev–Trinajstić information content (AvgIpc) is 4.18. The summed E-state index contributed by atoms with van der Waals surface area (Å²) >= 11 is 9.43. The van der Waals surface area contributed by atoms with Crippen LogP contribution in [-0.2, 0) is 51.2 Å². The van der Waals surface area contributed by atoms with Crippen molar-refractivity contribution in [2.75, 3.05) is 85.8 Å². The lowest BCUT2D eigenvalue weighted by molar-refractivity contribution is -0.143. The average molecular weight is 1190 g/mol. The van der Waals surface area contributed by atoms with Gasteiger partial charge in [0.2, 0.25) is 17.7 Å². The molecule has 23 heteroatoms. The number of carbonyl (C=O) groups excluding carboxylic acids is 4. The second-order valence-electron chi connectivity index (χ2n) is 20.9. The zero-order chi connectivity index (χ0) is 58.6. The Bertz CT molecular complexity index is 3260. The SMILES string of the molecule is Cc1ncsc1-c1ccc(CNC(=O)[C@@H]2C[C@@H](O)CN2C(=O)C(C(C)C)N2Cc3ccccc3C2=O)c(OCCOCCOCCOCCOCCOCCNC(=O)C[C@@H]2N=C(c3ccc(Cl)cc3)c3c(sc(C)c3C)-n3c(C)nnc32)c1. The van der Waals surface area contributed by atoms with Gasteiger partial charge in [0.15, 0.2) is 5.82 Å². The van der Waals surface area contributed by atoms with Crippen molar-refractivity contribution in [2.24, 2.45) is 10.9 Å². The lowest BCUT2D eigenvalue weighted by atomic mass is 9.99. The number of aliphatic hydroxyl groups is 1. The molecule has 0 aliphatic carbocycles. The first-order chi connectivity index (χ1) is 40.2. The van der Waals surface area contributed by atoms with Crippen molar-refractivity contribution in [1.82, 2.24) is 40.2 Å². The van der Waals surface area contributed by atoms with Crippen molar-refractivity contribution in [2.45, 2.75) is 91.7 Å². The molecule has 442 valence electrons. The summed E-state index contributed by atoms with van der Waals surface area (Å²) in [7, 11) is 0. The quantitative estimate of drug-likeness (QED) is 0.0396. The van der Waals surface area contributed by atoms with E-state index >= 15 is 0 Å². The molecule has 20 nitrogen and oxygen atoms in total. The molecule has 1 fully saturated rings. The molecule has 3 aromatic carbocycles. The fourth-order valence-electron chi connectivity index (χ4n) is 10.4. The molecule has 1 saturated heterocycles. The van der Waals surface area contributed by atoms with Gasteiger partial charge in [-0.25, -0.2) is 4.98 Å². The maximum atomic E-state index is 14.3. The summed E-state index contributed by atoms with van der Waals surface area (Å²) in [6.45, 7) is 16.4. The Morgan fingerprint density at radius 1 is 0.819 bits per heavy atom. The lowest BCUT2D eigenvalue weighted by Gasteiger charge is -2.35. The summed E-state index contributed by atoms with van der Waals surface area (Å²) in [6.07, 6.45) is -0.722. The van der Waals surface area contributed by atoms with Crippen LogP contribution in [0.1, 0.15) is 93.1 Å². The van der Waals surface area contributed by atoms with E-state index in [1.807, 2.05) is 86.9 Å². The molecule has 3 aliphatic heterocycles. The molecule has 4 atom stereocenters. The Kier molecular flexibility index (Phi) is 21.3. The first-order valence-corrected chi connectivity index (χ1v) is 30.1. The van der Waals surface area contributed by atoms with Gasteiger partial charge in [0.25, 0.3) is 5.91 Å². The molecule has 3 aromatic heterocycles. The van der Waals surface area contributed by atoms with Crippen LogP contribution in [-0.4, -0.2) is 168 Å². The van der Waals surface area contributed by atoms with Gasteiger partial charge in [-0.15, -0.1) is 32.9 Å². The van der Waals surface area contributed by atoms with Crippen LogP contribution in [0, 0.1) is 33.6 Å². The molecule has 1 unspecified atom stereocenters. The lowest BCUT2D eigenvalue weighted by Crippen LogP contribution is -2.55. The Hall–Kier alpha value is -6.47. The Balaban J connectivity index is 0.633. The van der Waals surface area contributed by atoms with Gasteiger partial charge in [-0.1, -0.05) is 67.9 Å². The summed E-state index contributed by atoms with van der Waals surface area (Å²) in [5, 5.41) is 27.2. The molecule has 83 heavy (non-hydrogen) atoms. The predicted octanol–water partition coefficient (Wildman–Crippen LogP) is 7.16. The number of benzene rings is 3. The number of hydrogen-bond acceptors (Lipinski definition) is 17. The second-order valence-corrected chi connectivity index (χ2v) is 23.3. The number of β-amino-alcohol motifs (C(OH)–C–C–N with tert-alkyl or cyclic N) is 1. The van der Waals surface area contributed by atoms with Gasteiger partial charge in [0.05, 0.1) is 100 Å². The highest BCUT2D eigenvalue weighted by Gasteiger charge is 2.46. The molecule has 9 rings (SSSR count). The zero-order valence-corrected chi connectivity index (χ0v) is 50.1. The number of likely N-dealkylation sites (tertiary alicyclic amines) is 1. The largest absolute Gasteiger partial charge is 0.491 e. The van der Waals surface area contributed by atoms with E-state index in [0.29, 0.717) is 94.7 Å². The summed E-state index contributed by atoms with van der Waals surface area (Å²) in [5.41, 5.74) is 9.59. The van der Waals surface area contributed by atoms with E-state index < -0.39 is 30.1 Å². The minimum atomic E-state index is -0.920. The number of amides is 4. The van der Waals surface area contributed by atoms with Gasteiger partial charge < -0.3 is 54.0 Å². The van der Waals surface area contributed by atoms with Crippen molar-refractivity contribution in [1.29, 1.82) is 0 Å². The minimum Gasteiger partial charge on any atom is -0.491 e. The number of halogens is 1. The van der Waals surface area contributed by atoms with Crippen LogP contribution in [0.3, 0.4) is 0 Å². The third kappa shape index (κ3) is 14.9. The van der Waals surface area contributed by atoms with Crippen molar-refractivity contribution in [3.63, 3.8) is 0 Å². The Morgan fingerprint density at radius 3 is 2.14 bits per heavy atom. The van der Waals surface area contributed by atoms with Gasteiger partial charge in [-0.2, -0.15) is 0 Å². The van der Waals surface area contributed by atoms with Crippen molar-refractivity contribution in [3.8, 4) is 21.2 Å². The molecule has 3 N–H and O–H groups in total. The number of fused-ring (bicyclic) bond motifs is 4. The number of nitrogens with zero attached hydrogens (tertiary/aromatic N) is 7. The normalized spacial score (nSPS) is 16.9. The topological polar surface area (TPSA) is 230 Å². The number of aliphatic hydroxyl groups excluding tert-OH is 1. The first-order valence-electron chi connectivity index (χ1n) is 28.0. The number of thiazole rings is 1. The van der Waals surface area contributed by atoms with Gasteiger partial charge >= 0.3 is 0 Å². The Morgan fingerprint density at radius 2 is 1.48 bits per heavy atom. The third-order valence-electron chi connectivity index (χ3n) is 14.7. The number of hydrogen-bond donors (Lipinski definition) is 3. The summed E-state index contributed by atoms with van der Waals surface area (Å²) in [4.78, 5) is 69.7. The van der Waals surface area contributed by atoms with Crippen molar-refractivity contribution in [3.05, 3.63) is 133 Å². The molecular formula is C60H72ClN9O11S2. The molecule has 6 heterocycles. The van der Waals surface area contributed by atoms with E-state index in [2.05, 4.69) is 39.7 Å². The van der Waals surface area contributed by atoms with E-state index in [4.69, 9.17) is 45.0 Å². The van der Waals surface area contributed by atoms with Gasteiger partial charge in [-0.3, -0.25) is 28.7 Å². The maximum absolute atomic E-state index is 14.3.